The maximum absolute atomic E-state index is 13.1. The van der Waals surface area contributed by atoms with Crippen molar-refractivity contribution in [2.75, 3.05) is 19.0 Å². The fraction of sp³-hybridized carbons (Fsp3) is 0.440. The van der Waals surface area contributed by atoms with Crippen LogP contribution in [0.1, 0.15) is 65.3 Å². The molecule has 3 heterocycles. The van der Waals surface area contributed by atoms with Gasteiger partial charge in [-0.25, -0.2) is 14.5 Å². The summed E-state index contributed by atoms with van der Waals surface area (Å²) in [5.41, 5.74) is 10.2. The van der Waals surface area contributed by atoms with Crippen molar-refractivity contribution in [2.45, 2.75) is 56.5 Å². The number of pyridine rings is 1. The number of nitrogens with zero attached hydrogens (tertiary/aromatic N) is 4. The fourth-order valence-electron chi connectivity index (χ4n) is 4.89. The molecule has 1 atom stereocenters. The molecule has 0 aliphatic heterocycles. The van der Waals surface area contributed by atoms with Crippen LogP contribution in [0.4, 0.5) is 19.1 Å². The summed E-state index contributed by atoms with van der Waals surface area (Å²) in [6.07, 6.45) is 5.26. The monoisotopic (exact) mass is 515 g/mol. The first-order valence-corrected chi connectivity index (χ1v) is 12.2. The van der Waals surface area contributed by atoms with Crippen molar-refractivity contribution >= 4 is 22.9 Å². The zero-order chi connectivity index (χ0) is 26.2. The summed E-state index contributed by atoms with van der Waals surface area (Å²) in [6.45, 7) is -0.325. The van der Waals surface area contributed by atoms with Crippen molar-refractivity contribution in [3.05, 3.63) is 59.2 Å². The number of hydrogen-bond acceptors (Lipinski definition) is 7. The van der Waals surface area contributed by atoms with Crippen LogP contribution in [0.15, 0.2) is 36.8 Å². The largest absolute Gasteiger partial charge is 0.390 e. The summed E-state index contributed by atoms with van der Waals surface area (Å²) in [5.74, 6) is -0.0822. The van der Waals surface area contributed by atoms with Gasteiger partial charge in [-0.15, -0.1) is 0 Å². The third kappa shape index (κ3) is 5.44. The van der Waals surface area contributed by atoms with E-state index in [4.69, 9.17) is 10.5 Å². The molecule has 0 aromatic carbocycles. The lowest BCUT2D eigenvalue weighted by Crippen LogP contribution is -2.38. The number of alkyl halides is 3. The Morgan fingerprint density at radius 1 is 1.24 bits per heavy atom. The van der Waals surface area contributed by atoms with E-state index in [9.17, 15) is 18.0 Å². The second kappa shape index (κ2) is 10.1. The van der Waals surface area contributed by atoms with Crippen LogP contribution >= 0.6 is 0 Å². The van der Waals surface area contributed by atoms with Gasteiger partial charge in [-0.2, -0.15) is 18.3 Å². The normalized spacial score (nSPS) is 21.5. The highest BCUT2D eigenvalue weighted by molar-refractivity contribution is 6.01. The van der Waals surface area contributed by atoms with Crippen LogP contribution in [0.5, 0.6) is 0 Å². The highest BCUT2D eigenvalue weighted by Gasteiger charge is 2.28. The third-order valence-electron chi connectivity index (χ3n) is 6.88. The van der Waals surface area contributed by atoms with Crippen LogP contribution < -0.4 is 16.4 Å². The molecule has 0 radical (unpaired) electrons. The number of hydrogen-bond donors (Lipinski definition) is 3. The molecule has 5 rings (SSSR count). The highest BCUT2D eigenvalue weighted by Crippen LogP contribution is 2.37. The average molecular weight is 516 g/mol. The molecule has 37 heavy (non-hydrogen) atoms. The number of aromatic nitrogens is 4. The van der Waals surface area contributed by atoms with E-state index < -0.39 is 18.6 Å². The molecular formula is C25H28F3N7O2. The minimum Gasteiger partial charge on any atom is -0.381 e. The number of halogens is 3. The first-order valence-electron chi connectivity index (χ1n) is 12.2. The summed E-state index contributed by atoms with van der Waals surface area (Å²) in [7, 11) is 1.71. The maximum atomic E-state index is 13.1. The number of carbonyl (C=O) groups excluding carboxylic acids is 1. The standard InChI is InChI=1S/C25H28F3N7O2/c1-37-16-4-2-15(3-5-16)33-23(36)19-13-32-35-9-6-14(10-21(19)35)17-11-20(29)22-18(17)12-31-24(34-22)30-8-7-25(26,27)28/h6,9-13,15-16,20H,2-5,7-8,29H2,1H3,(H,33,36)(H,30,31,34)/t15?,16?,20-/m0/s1. The summed E-state index contributed by atoms with van der Waals surface area (Å²) >= 11 is 0. The molecule has 0 unspecified atom stereocenters. The van der Waals surface area contributed by atoms with E-state index in [-0.39, 0.29) is 30.5 Å². The molecule has 12 heteroatoms. The van der Waals surface area contributed by atoms with Crippen LogP contribution in [0, 0.1) is 0 Å². The number of carbonyl (C=O) groups is 1. The van der Waals surface area contributed by atoms with E-state index in [0.717, 1.165) is 36.8 Å². The van der Waals surface area contributed by atoms with Gasteiger partial charge in [0.2, 0.25) is 5.95 Å². The van der Waals surface area contributed by atoms with Crippen LogP contribution in [0.25, 0.3) is 11.1 Å². The number of fused-ring (bicyclic) bond motifs is 2. The molecule has 4 N–H and O–H groups in total. The van der Waals surface area contributed by atoms with Crippen LogP contribution in [-0.4, -0.2) is 57.5 Å². The lowest BCUT2D eigenvalue weighted by atomic mass is 9.93. The zero-order valence-corrected chi connectivity index (χ0v) is 20.3. The van der Waals surface area contributed by atoms with Crippen molar-refractivity contribution in [2.24, 2.45) is 5.73 Å². The Morgan fingerprint density at radius 2 is 2.03 bits per heavy atom. The molecule has 1 saturated carbocycles. The van der Waals surface area contributed by atoms with Gasteiger partial charge in [-0.3, -0.25) is 4.79 Å². The Hall–Kier alpha value is -3.51. The van der Waals surface area contributed by atoms with Gasteiger partial charge in [0.05, 0.1) is 41.5 Å². The van der Waals surface area contributed by atoms with E-state index in [1.807, 2.05) is 18.2 Å². The van der Waals surface area contributed by atoms with Crippen molar-refractivity contribution in [3.63, 3.8) is 0 Å². The lowest BCUT2D eigenvalue weighted by molar-refractivity contribution is -0.131. The molecule has 9 nitrogen and oxygen atoms in total. The molecule has 1 amide bonds. The Labute approximate surface area is 211 Å². The van der Waals surface area contributed by atoms with E-state index in [1.54, 1.807) is 30.2 Å². The molecule has 3 aromatic rings. The molecule has 0 saturated heterocycles. The number of ether oxygens (including phenoxy) is 1. The van der Waals surface area contributed by atoms with Crippen LogP contribution in [0.3, 0.4) is 0 Å². The predicted molar refractivity (Wildman–Crippen MR) is 131 cm³/mol. The zero-order valence-electron chi connectivity index (χ0n) is 20.3. The number of anilines is 1. The number of amides is 1. The topological polar surface area (TPSA) is 119 Å². The first kappa shape index (κ1) is 25.2. The Bertz CT molecular complexity index is 1330. The van der Waals surface area contributed by atoms with Gasteiger partial charge in [-0.05, 0) is 49.0 Å². The molecule has 3 aromatic heterocycles. The van der Waals surface area contributed by atoms with E-state index in [2.05, 4.69) is 25.7 Å². The van der Waals surface area contributed by atoms with Gasteiger partial charge in [0.25, 0.3) is 5.91 Å². The summed E-state index contributed by atoms with van der Waals surface area (Å²) in [6, 6.07) is 3.28. The number of nitrogens with one attached hydrogen (secondary N) is 2. The molecule has 0 bridgehead atoms. The molecule has 0 spiro atoms. The predicted octanol–water partition coefficient (Wildman–Crippen LogP) is 3.62. The Kier molecular flexibility index (Phi) is 6.86. The molecule has 2 aliphatic carbocycles. The van der Waals surface area contributed by atoms with E-state index in [0.29, 0.717) is 22.3 Å². The van der Waals surface area contributed by atoms with E-state index in [1.165, 1.54) is 0 Å². The Balaban J connectivity index is 1.34. The summed E-state index contributed by atoms with van der Waals surface area (Å²) in [4.78, 5) is 21.6. The van der Waals surface area contributed by atoms with Crippen molar-refractivity contribution in [1.82, 2.24) is 24.9 Å². The van der Waals surface area contributed by atoms with Crippen molar-refractivity contribution in [3.8, 4) is 0 Å². The lowest BCUT2D eigenvalue weighted by Gasteiger charge is -2.28. The minimum atomic E-state index is -4.26. The second-order valence-corrected chi connectivity index (χ2v) is 9.38. The molecule has 196 valence electrons. The van der Waals surface area contributed by atoms with Gasteiger partial charge in [0, 0.05) is 37.7 Å². The van der Waals surface area contributed by atoms with Gasteiger partial charge in [0.15, 0.2) is 0 Å². The van der Waals surface area contributed by atoms with Gasteiger partial charge < -0.3 is 21.1 Å². The quantitative estimate of drug-likeness (QED) is 0.440. The highest BCUT2D eigenvalue weighted by atomic mass is 19.4. The van der Waals surface area contributed by atoms with E-state index >= 15 is 0 Å². The van der Waals surface area contributed by atoms with Gasteiger partial charge >= 0.3 is 6.18 Å². The minimum absolute atomic E-state index is 0.0931. The number of nitrogens with two attached hydrogens (primary N) is 1. The maximum Gasteiger partial charge on any atom is 0.390 e. The average Bonchev–Trinajstić information content (AvgIpc) is 3.44. The number of rotatable bonds is 7. The molecule has 2 aliphatic rings. The molecule has 1 fully saturated rings. The van der Waals surface area contributed by atoms with Crippen LogP contribution in [0.2, 0.25) is 0 Å². The first-order chi connectivity index (χ1) is 17.7. The van der Waals surface area contributed by atoms with Gasteiger partial charge in [-0.1, -0.05) is 6.08 Å². The third-order valence-corrected chi connectivity index (χ3v) is 6.88. The van der Waals surface area contributed by atoms with Gasteiger partial charge in [0.1, 0.15) is 0 Å². The Morgan fingerprint density at radius 3 is 2.76 bits per heavy atom. The van der Waals surface area contributed by atoms with Crippen molar-refractivity contribution < 1.29 is 22.7 Å². The fourth-order valence-corrected chi connectivity index (χ4v) is 4.89. The summed E-state index contributed by atoms with van der Waals surface area (Å²) in [5, 5.41) is 10.0. The number of methoxy groups -OCH3 is 1. The molecular weight excluding hydrogens is 487 g/mol. The van der Waals surface area contributed by atoms with Crippen molar-refractivity contribution in [1.29, 1.82) is 0 Å². The SMILES string of the molecule is COC1CCC(NC(=O)c2cnn3ccc(C4=C[C@H](N)c5nc(NCCC(F)(F)F)ncc54)cc23)CC1. The van der Waals surface area contributed by atoms with Crippen LogP contribution in [-0.2, 0) is 4.74 Å². The smallest absolute Gasteiger partial charge is 0.381 e. The summed E-state index contributed by atoms with van der Waals surface area (Å²) < 4.78 is 44.4. The second-order valence-electron chi connectivity index (χ2n) is 9.38.